The van der Waals surface area contributed by atoms with Crippen molar-refractivity contribution < 1.29 is 13.2 Å². The molecular weight excluding hydrogens is 255 g/mol. The van der Waals surface area contributed by atoms with E-state index in [1.807, 2.05) is 0 Å². The maximum Gasteiger partial charge on any atom is 0.416 e. The maximum atomic E-state index is 12.8. The van der Waals surface area contributed by atoms with E-state index >= 15 is 0 Å². The number of halogens is 4. The Balaban J connectivity index is 2.54. The van der Waals surface area contributed by atoms with Gasteiger partial charge in [0.1, 0.15) is 5.82 Å². The predicted molar refractivity (Wildman–Crippen MR) is 58.9 cm³/mol. The second-order valence-electron chi connectivity index (χ2n) is 3.51. The molecule has 0 atom stereocenters. The van der Waals surface area contributed by atoms with Gasteiger partial charge >= 0.3 is 6.18 Å². The smallest absolute Gasteiger partial charge is 0.370 e. The van der Waals surface area contributed by atoms with Crippen LogP contribution < -0.4 is 5.32 Å². The van der Waals surface area contributed by atoms with Crippen LogP contribution in [0.15, 0.2) is 6.08 Å². The van der Waals surface area contributed by atoms with E-state index in [0.29, 0.717) is 12.2 Å². The predicted octanol–water partition coefficient (Wildman–Crippen LogP) is 3.06. The summed E-state index contributed by atoms with van der Waals surface area (Å²) in [5.41, 5.74) is -0.364. The van der Waals surface area contributed by atoms with E-state index in [0.717, 1.165) is 6.08 Å². The number of rotatable bonds is 2. The second kappa shape index (κ2) is 4.18. The minimum Gasteiger partial charge on any atom is -0.370 e. The Morgan fingerprint density at radius 3 is 2.71 bits per heavy atom. The molecule has 92 valence electrons. The van der Waals surface area contributed by atoms with Crippen molar-refractivity contribution in [3.05, 3.63) is 22.6 Å². The van der Waals surface area contributed by atoms with E-state index in [1.54, 1.807) is 6.92 Å². The summed E-state index contributed by atoms with van der Waals surface area (Å²) in [7, 11) is 0. The zero-order valence-electron chi connectivity index (χ0n) is 8.90. The topological polar surface area (TPSA) is 37.8 Å². The summed E-state index contributed by atoms with van der Waals surface area (Å²) in [4.78, 5) is 7.62. The Morgan fingerprint density at radius 1 is 1.41 bits per heavy atom. The number of alkyl halides is 3. The molecule has 2 rings (SSSR count). The lowest BCUT2D eigenvalue weighted by Gasteiger charge is -2.14. The van der Waals surface area contributed by atoms with Crippen molar-refractivity contribution in [3.63, 3.8) is 0 Å². The van der Waals surface area contributed by atoms with Crippen LogP contribution in [0.4, 0.5) is 19.0 Å². The number of fused-ring (bicyclic) bond motifs is 1. The summed E-state index contributed by atoms with van der Waals surface area (Å²) in [5.74, 6) is 0.142. The van der Waals surface area contributed by atoms with E-state index in [2.05, 4.69) is 15.3 Å². The van der Waals surface area contributed by atoms with Crippen LogP contribution in [0, 0.1) is 0 Å². The van der Waals surface area contributed by atoms with Crippen LogP contribution in [0.5, 0.6) is 0 Å². The molecule has 0 radical (unpaired) electrons. The first-order valence-corrected chi connectivity index (χ1v) is 5.39. The third kappa shape index (κ3) is 2.22. The standard InChI is InChI=1S/C10H9ClF3N3/c1-2-15-8-7-5(10(12,13)14)3-4-6(7)16-9(11)17-8/h3H,2,4H2,1H3,(H,15,16,17). The van der Waals surface area contributed by atoms with Crippen LogP contribution in [0.2, 0.25) is 5.28 Å². The third-order valence-electron chi connectivity index (χ3n) is 2.38. The Kier molecular flexibility index (Phi) is 2.99. The van der Waals surface area contributed by atoms with Crippen LogP contribution in [-0.2, 0) is 6.42 Å². The summed E-state index contributed by atoms with van der Waals surface area (Å²) >= 11 is 5.66. The number of nitrogens with zero attached hydrogens (tertiary/aromatic N) is 2. The van der Waals surface area contributed by atoms with Crippen LogP contribution in [0.1, 0.15) is 18.2 Å². The van der Waals surface area contributed by atoms with Crippen LogP contribution in [-0.4, -0.2) is 22.7 Å². The summed E-state index contributed by atoms with van der Waals surface area (Å²) < 4.78 is 38.3. The first-order chi connectivity index (χ1) is 7.93. The fourth-order valence-electron chi connectivity index (χ4n) is 1.76. The van der Waals surface area contributed by atoms with Gasteiger partial charge in [0.2, 0.25) is 5.28 Å². The molecule has 1 aliphatic rings. The molecule has 1 aromatic rings. The van der Waals surface area contributed by atoms with E-state index in [4.69, 9.17) is 11.6 Å². The highest BCUT2D eigenvalue weighted by molar-refractivity contribution is 6.28. The molecule has 0 amide bonds. The van der Waals surface area contributed by atoms with Gasteiger partial charge in [-0.3, -0.25) is 0 Å². The zero-order chi connectivity index (χ0) is 12.6. The fourth-order valence-corrected chi connectivity index (χ4v) is 1.95. The van der Waals surface area contributed by atoms with E-state index < -0.39 is 11.7 Å². The van der Waals surface area contributed by atoms with Crippen molar-refractivity contribution in [1.29, 1.82) is 0 Å². The number of nitrogens with one attached hydrogen (secondary N) is 1. The van der Waals surface area contributed by atoms with Gasteiger partial charge in [0.25, 0.3) is 0 Å². The van der Waals surface area contributed by atoms with E-state index in [1.165, 1.54) is 0 Å². The number of aromatic nitrogens is 2. The van der Waals surface area contributed by atoms with Gasteiger partial charge in [-0.2, -0.15) is 13.2 Å². The highest BCUT2D eigenvalue weighted by Crippen LogP contribution is 2.42. The molecule has 0 aliphatic heterocycles. The Bertz CT molecular complexity index is 482. The molecule has 0 aromatic carbocycles. The van der Waals surface area contributed by atoms with Crippen LogP contribution in [0.25, 0.3) is 5.57 Å². The summed E-state index contributed by atoms with van der Waals surface area (Å²) in [5, 5.41) is 2.73. The minimum atomic E-state index is -4.40. The third-order valence-corrected chi connectivity index (χ3v) is 2.54. The highest BCUT2D eigenvalue weighted by Gasteiger charge is 2.40. The number of anilines is 1. The normalized spacial score (nSPS) is 14.5. The van der Waals surface area contributed by atoms with Gasteiger partial charge in [0.15, 0.2) is 0 Å². The molecule has 1 aromatic heterocycles. The van der Waals surface area contributed by atoms with Gasteiger partial charge in [0, 0.05) is 13.0 Å². The van der Waals surface area contributed by atoms with Crippen LogP contribution >= 0.6 is 11.6 Å². The lowest BCUT2D eigenvalue weighted by Crippen LogP contribution is -2.13. The van der Waals surface area contributed by atoms with Crippen molar-refractivity contribution in [3.8, 4) is 0 Å². The molecule has 1 N–H and O–H groups in total. The summed E-state index contributed by atoms with van der Waals surface area (Å²) in [6, 6.07) is 0. The molecular formula is C10H9ClF3N3. The van der Waals surface area contributed by atoms with E-state index in [-0.39, 0.29) is 23.1 Å². The van der Waals surface area contributed by atoms with Crippen molar-refractivity contribution >= 4 is 23.0 Å². The van der Waals surface area contributed by atoms with Gasteiger partial charge in [-0.05, 0) is 18.5 Å². The largest absolute Gasteiger partial charge is 0.416 e. The first-order valence-electron chi connectivity index (χ1n) is 5.01. The monoisotopic (exact) mass is 263 g/mol. The van der Waals surface area contributed by atoms with Crippen molar-refractivity contribution in [2.24, 2.45) is 0 Å². The minimum absolute atomic E-state index is 0.0174. The molecule has 3 nitrogen and oxygen atoms in total. The Hall–Kier alpha value is -1.30. The Morgan fingerprint density at radius 2 is 2.12 bits per heavy atom. The molecule has 0 unspecified atom stereocenters. The quantitative estimate of drug-likeness (QED) is 0.834. The molecule has 0 saturated heterocycles. The lowest BCUT2D eigenvalue weighted by molar-refractivity contribution is -0.0687. The van der Waals surface area contributed by atoms with Gasteiger partial charge in [-0.15, -0.1) is 0 Å². The first kappa shape index (κ1) is 12.2. The maximum absolute atomic E-state index is 12.8. The van der Waals surface area contributed by atoms with E-state index in [9.17, 15) is 13.2 Å². The highest BCUT2D eigenvalue weighted by atomic mass is 35.5. The van der Waals surface area contributed by atoms with Crippen molar-refractivity contribution in [1.82, 2.24) is 9.97 Å². The number of hydrogen-bond donors (Lipinski definition) is 1. The molecule has 0 bridgehead atoms. The van der Waals surface area contributed by atoms with Crippen molar-refractivity contribution in [2.45, 2.75) is 19.5 Å². The molecule has 0 fully saturated rings. The fraction of sp³-hybridized carbons (Fsp3) is 0.400. The molecule has 0 saturated carbocycles. The molecule has 1 heterocycles. The average Bonchev–Trinajstić information content (AvgIpc) is 2.60. The summed E-state index contributed by atoms with van der Waals surface area (Å²) in [6.07, 6.45) is -3.16. The Labute approximate surface area is 101 Å². The molecule has 7 heteroatoms. The SMILES string of the molecule is CCNc1nc(Cl)nc2c1C(C(F)(F)F)=CC2. The average molecular weight is 264 g/mol. The lowest BCUT2D eigenvalue weighted by atomic mass is 10.1. The van der Waals surface area contributed by atoms with Gasteiger partial charge in [0.05, 0.1) is 16.8 Å². The molecule has 1 aliphatic carbocycles. The number of allylic oxidation sites excluding steroid dienone is 2. The zero-order valence-corrected chi connectivity index (χ0v) is 9.65. The molecule has 17 heavy (non-hydrogen) atoms. The van der Waals surface area contributed by atoms with Crippen LogP contribution in [0.3, 0.4) is 0 Å². The van der Waals surface area contributed by atoms with Gasteiger partial charge in [-0.25, -0.2) is 9.97 Å². The summed E-state index contributed by atoms with van der Waals surface area (Å²) in [6.45, 7) is 2.24. The van der Waals surface area contributed by atoms with Gasteiger partial charge < -0.3 is 5.32 Å². The van der Waals surface area contributed by atoms with Crippen molar-refractivity contribution in [2.75, 3.05) is 11.9 Å². The molecule has 0 spiro atoms. The van der Waals surface area contributed by atoms with Gasteiger partial charge in [-0.1, -0.05) is 6.08 Å². The second-order valence-corrected chi connectivity index (χ2v) is 3.85. The number of hydrogen-bond acceptors (Lipinski definition) is 3.